The van der Waals surface area contributed by atoms with E-state index in [1.165, 1.54) is 62.8 Å². The van der Waals surface area contributed by atoms with Crippen LogP contribution in [0.4, 0.5) is 0 Å². The SMILES string of the molecule is CCCCCCCCOc1c2ccc(S(=O)(=O)Cl)cc2c(OCCCCCCCC)c2cc(S(=O)(=O)Cl)ccc12. The Morgan fingerprint density at radius 2 is 0.875 bits per heavy atom. The van der Waals surface area contributed by atoms with E-state index in [9.17, 15) is 16.8 Å². The predicted molar refractivity (Wildman–Crippen MR) is 165 cm³/mol. The van der Waals surface area contributed by atoms with Gasteiger partial charge in [0, 0.05) is 42.9 Å². The number of ether oxygens (including phenoxy) is 2. The summed E-state index contributed by atoms with van der Waals surface area (Å²) < 4.78 is 61.5. The number of hydrogen-bond acceptors (Lipinski definition) is 6. The monoisotopic (exact) mass is 630 g/mol. The summed E-state index contributed by atoms with van der Waals surface area (Å²) in [6.07, 6.45) is 13.1. The van der Waals surface area contributed by atoms with Crippen molar-refractivity contribution in [3.8, 4) is 11.5 Å². The summed E-state index contributed by atoms with van der Waals surface area (Å²) in [5.74, 6) is 0.928. The van der Waals surface area contributed by atoms with Gasteiger partial charge in [-0.15, -0.1) is 0 Å². The first kappa shape index (κ1) is 32.8. The molecular weight excluding hydrogens is 591 g/mol. The van der Waals surface area contributed by atoms with Crippen LogP contribution in [0, 0.1) is 0 Å². The van der Waals surface area contributed by atoms with Crippen molar-refractivity contribution in [2.45, 2.75) is 101 Å². The second kappa shape index (κ2) is 15.5. The standard InChI is InChI=1S/C30H40Cl2O6S2/c1-3-5-7-9-11-13-19-37-29-25-17-15-23(39(31,33)34)21-27(25)30(38-20-14-12-10-8-6-4-2)28-22-24(40(32,35)36)16-18-26(28)29/h15-18,21-22H,3-14,19-20H2,1-2H3. The van der Waals surface area contributed by atoms with E-state index in [0.717, 1.165) is 38.5 Å². The number of rotatable bonds is 18. The summed E-state index contributed by atoms with van der Waals surface area (Å²) in [5.41, 5.74) is 0. The summed E-state index contributed by atoms with van der Waals surface area (Å²) in [5, 5.41) is 2.31. The number of benzene rings is 3. The second-order valence-corrected chi connectivity index (χ2v) is 15.3. The molecule has 0 aliphatic carbocycles. The lowest BCUT2D eigenvalue weighted by molar-refractivity contribution is 0.306. The fourth-order valence-electron chi connectivity index (χ4n) is 4.84. The summed E-state index contributed by atoms with van der Waals surface area (Å²) >= 11 is 0. The van der Waals surface area contributed by atoms with Gasteiger partial charge in [-0.25, -0.2) is 16.8 Å². The third-order valence-electron chi connectivity index (χ3n) is 7.01. The largest absolute Gasteiger partial charge is 0.492 e. The van der Waals surface area contributed by atoms with Gasteiger partial charge in [0.2, 0.25) is 0 Å². The van der Waals surface area contributed by atoms with E-state index in [-0.39, 0.29) is 9.79 Å². The van der Waals surface area contributed by atoms with E-state index < -0.39 is 18.1 Å². The molecule has 222 valence electrons. The summed E-state index contributed by atoms with van der Waals surface area (Å²) in [7, 11) is 3.36. The maximum atomic E-state index is 12.2. The quantitative estimate of drug-likeness (QED) is 0.0790. The predicted octanol–water partition coefficient (Wildman–Crippen LogP) is 9.33. The molecular formula is C30H40Cl2O6S2. The molecule has 0 fully saturated rings. The van der Waals surface area contributed by atoms with E-state index >= 15 is 0 Å². The van der Waals surface area contributed by atoms with Crippen LogP contribution in [0.5, 0.6) is 11.5 Å². The maximum Gasteiger partial charge on any atom is 0.261 e. The zero-order chi connectivity index (χ0) is 29.2. The summed E-state index contributed by atoms with van der Waals surface area (Å²) in [4.78, 5) is -0.151. The van der Waals surface area contributed by atoms with E-state index in [4.69, 9.17) is 30.8 Å². The molecule has 0 saturated carbocycles. The van der Waals surface area contributed by atoms with Crippen molar-refractivity contribution in [3.05, 3.63) is 36.4 Å². The van der Waals surface area contributed by atoms with Crippen LogP contribution in [0.2, 0.25) is 0 Å². The van der Waals surface area contributed by atoms with E-state index in [1.807, 2.05) is 0 Å². The highest BCUT2D eigenvalue weighted by molar-refractivity contribution is 8.14. The van der Waals surface area contributed by atoms with Gasteiger partial charge in [-0.2, -0.15) is 0 Å². The molecule has 0 spiro atoms. The van der Waals surface area contributed by atoms with Crippen LogP contribution in [0.25, 0.3) is 21.5 Å². The van der Waals surface area contributed by atoms with Crippen molar-refractivity contribution >= 4 is 61.0 Å². The second-order valence-electron chi connectivity index (χ2n) is 10.2. The third kappa shape index (κ3) is 9.13. The molecule has 0 radical (unpaired) electrons. The number of halogens is 2. The minimum atomic E-state index is -4.02. The molecule has 0 amide bonds. The van der Waals surface area contributed by atoms with Crippen LogP contribution < -0.4 is 9.47 Å². The lowest BCUT2D eigenvalue weighted by Gasteiger charge is -2.19. The van der Waals surface area contributed by atoms with Gasteiger partial charge in [0.15, 0.2) is 0 Å². The molecule has 0 atom stereocenters. The zero-order valence-electron chi connectivity index (χ0n) is 23.4. The van der Waals surface area contributed by atoms with E-state index in [1.54, 1.807) is 12.1 Å². The Morgan fingerprint density at radius 1 is 0.525 bits per heavy atom. The van der Waals surface area contributed by atoms with Crippen LogP contribution in [0.1, 0.15) is 90.9 Å². The fraction of sp³-hybridized carbons (Fsp3) is 0.533. The van der Waals surface area contributed by atoms with Gasteiger partial charge in [0.1, 0.15) is 11.5 Å². The van der Waals surface area contributed by atoms with Crippen LogP contribution >= 0.6 is 21.4 Å². The Hall–Kier alpha value is -1.74. The first-order valence-corrected chi connectivity index (χ1v) is 18.9. The topological polar surface area (TPSA) is 86.7 Å². The molecule has 0 aliphatic heterocycles. The molecule has 6 nitrogen and oxygen atoms in total. The molecule has 3 aromatic rings. The Kier molecular flexibility index (Phi) is 12.7. The molecule has 3 rings (SSSR count). The Bertz CT molecular complexity index is 1390. The summed E-state index contributed by atoms with van der Waals surface area (Å²) in [6, 6.07) is 9.17. The minimum absolute atomic E-state index is 0.0755. The molecule has 3 aromatic carbocycles. The van der Waals surface area contributed by atoms with E-state index in [2.05, 4.69) is 13.8 Å². The molecule has 0 aromatic heterocycles. The van der Waals surface area contributed by atoms with Gasteiger partial charge in [0.05, 0.1) is 23.0 Å². The fourth-order valence-corrected chi connectivity index (χ4v) is 6.39. The van der Waals surface area contributed by atoms with Crippen LogP contribution in [-0.4, -0.2) is 30.0 Å². The Morgan fingerprint density at radius 3 is 1.25 bits per heavy atom. The Balaban J connectivity index is 2.07. The van der Waals surface area contributed by atoms with Gasteiger partial charge in [-0.3, -0.25) is 0 Å². The van der Waals surface area contributed by atoms with Crippen LogP contribution in [0.15, 0.2) is 46.2 Å². The Labute approximate surface area is 248 Å². The molecule has 0 aliphatic rings. The van der Waals surface area contributed by atoms with Crippen molar-refractivity contribution in [1.82, 2.24) is 0 Å². The van der Waals surface area contributed by atoms with Crippen molar-refractivity contribution < 1.29 is 26.3 Å². The van der Waals surface area contributed by atoms with Gasteiger partial charge in [-0.05, 0) is 49.2 Å². The average Bonchev–Trinajstić information content (AvgIpc) is 2.91. The molecule has 0 bridgehead atoms. The summed E-state index contributed by atoms with van der Waals surface area (Å²) in [6.45, 7) is 5.22. The van der Waals surface area contributed by atoms with Crippen molar-refractivity contribution in [2.75, 3.05) is 13.2 Å². The van der Waals surface area contributed by atoms with Crippen molar-refractivity contribution in [1.29, 1.82) is 0 Å². The van der Waals surface area contributed by atoms with Crippen molar-refractivity contribution in [2.24, 2.45) is 0 Å². The lowest BCUT2D eigenvalue weighted by Crippen LogP contribution is -2.04. The van der Waals surface area contributed by atoms with Gasteiger partial charge in [0.25, 0.3) is 18.1 Å². The molecule has 0 heterocycles. The molecule has 0 N–H and O–H groups in total. The lowest BCUT2D eigenvalue weighted by atomic mass is 10.0. The number of unbranched alkanes of at least 4 members (excludes halogenated alkanes) is 10. The molecule has 10 heteroatoms. The first-order chi connectivity index (χ1) is 19.1. The van der Waals surface area contributed by atoms with E-state index in [0.29, 0.717) is 46.3 Å². The number of fused-ring (bicyclic) bond motifs is 2. The normalized spacial score (nSPS) is 12.3. The van der Waals surface area contributed by atoms with Crippen LogP contribution in [0.3, 0.4) is 0 Å². The number of hydrogen-bond donors (Lipinski definition) is 0. The minimum Gasteiger partial charge on any atom is -0.492 e. The van der Waals surface area contributed by atoms with Gasteiger partial charge >= 0.3 is 0 Å². The van der Waals surface area contributed by atoms with Crippen LogP contribution in [-0.2, 0) is 18.1 Å². The zero-order valence-corrected chi connectivity index (χ0v) is 26.5. The highest BCUT2D eigenvalue weighted by atomic mass is 35.7. The average molecular weight is 632 g/mol. The third-order valence-corrected chi connectivity index (χ3v) is 9.72. The molecule has 0 saturated heterocycles. The molecule has 40 heavy (non-hydrogen) atoms. The highest BCUT2D eigenvalue weighted by Crippen LogP contribution is 2.45. The maximum absolute atomic E-state index is 12.2. The molecule has 0 unspecified atom stereocenters. The first-order valence-electron chi connectivity index (χ1n) is 14.3. The highest BCUT2D eigenvalue weighted by Gasteiger charge is 2.22. The van der Waals surface area contributed by atoms with Gasteiger partial charge < -0.3 is 9.47 Å². The van der Waals surface area contributed by atoms with Crippen molar-refractivity contribution in [3.63, 3.8) is 0 Å². The smallest absolute Gasteiger partial charge is 0.261 e. The van der Waals surface area contributed by atoms with Gasteiger partial charge in [-0.1, -0.05) is 78.1 Å².